The predicted octanol–water partition coefficient (Wildman–Crippen LogP) is 1.46. The Morgan fingerprint density at radius 2 is 1.92 bits per heavy atom. The molecule has 6 nitrogen and oxygen atoms in total. The Hall–Kier alpha value is -1.20. The van der Waals surface area contributed by atoms with Gasteiger partial charge in [0.15, 0.2) is 17.6 Å². The van der Waals surface area contributed by atoms with E-state index in [0.717, 1.165) is 51.5 Å². The van der Waals surface area contributed by atoms with Gasteiger partial charge in [-0.2, -0.15) is 0 Å². The minimum atomic E-state index is -0.916. The number of morpholine rings is 1. The van der Waals surface area contributed by atoms with Gasteiger partial charge in [0.05, 0.1) is 19.8 Å². The van der Waals surface area contributed by atoms with Crippen molar-refractivity contribution < 1.29 is 18.3 Å². The molecular formula is C16H25F2IN4O2. The van der Waals surface area contributed by atoms with Crippen molar-refractivity contribution >= 4 is 29.9 Å². The first-order chi connectivity index (χ1) is 11.7. The smallest absolute Gasteiger partial charge is 0.191 e. The molecule has 1 aromatic carbocycles. The fourth-order valence-electron chi connectivity index (χ4n) is 2.28. The largest absolute Gasteiger partial charge is 0.492 e. The van der Waals surface area contributed by atoms with Gasteiger partial charge in [0.25, 0.3) is 0 Å². The molecule has 0 aliphatic carbocycles. The normalized spacial score (nSPS) is 15.4. The van der Waals surface area contributed by atoms with Gasteiger partial charge in [-0.25, -0.2) is 8.78 Å². The van der Waals surface area contributed by atoms with Crippen molar-refractivity contribution in [3.05, 3.63) is 29.8 Å². The van der Waals surface area contributed by atoms with Gasteiger partial charge < -0.3 is 20.1 Å². The second kappa shape index (κ2) is 12.2. The molecule has 2 rings (SSSR count). The summed E-state index contributed by atoms with van der Waals surface area (Å²) in [5, 5.41) is 6.33. The van der Waals surface area contributed by atoms with Gasteiger partial charge in [0.2, 0.25) is 0 Å². The number of nitrogens with zero attached hydrogens (tertiary/aromatic N) is 2. The van der Waals surface area contributed by atoms with Crippen molar-refractivity contribution in [1.82, 2.24) is 15.5 Å². The number of aliphatic imine (C=N–C) groups is 1. The van der Waals surface area contributed by atoms with Crippen LogP contribution in [0.4, 0.5) is 8.78 Å². The zero-order valence-corrected chi connectivity index (χ0v) is 16.6. The highest BCUT2D eigenvalue weighted by Crippen LogP contribution is 2.14. The summed E-state index contributed by atoms with van der Waals surface area (Å²) < 4.78 is 36.5. The topological polar surface area (TPSA) is 58.1 Å². The highest BCUT2D eigenvalue weighted by Gasteiger charge is 2.09. The quantitative estimate of drug-likeness (QED) is 0.274. The van der Waals surface area contributed by atoms with Crippen LogP contribution in [0.25, 0.3) is 0 Å². The lowest BCUT2D eigenvalue weighted by Crippen LogP contribution is -2.45. The predicted molar refractivity (Wildman–Crippen MR) is 104 cm³/mol. The van der Waals surface area contributed by atoms with Gasteiger partial charge in [0, 0.05) is 39.3 Å². The molecule has 1 fully saturated rings. The second-order valence-electron chi connectivity index (χ2n) is 5.30. The Bertz CT molecular complexity index is 543. The summed E-state index contributed by atoms with van der Waals surface area (Å²) in [5.74, 6) is -0.825. The second-order valence-corrected chi connectivity index (χ2v) is 5.30. The molecule has 1 saturated heterocycles. The van der Waals surface area contributed by atoms with Crippen LogP contribution in [0, 0.1) is 11.6 Å². The van der Waals surface area contributed by atoms with Gasteiger partial charge in [-0.3, -0.25) is 9.89 Å². The summed E-state index contributed by atoms with van der Waals surface area (Å²) in [7, 11) is 1.69. The zero-order valence-electron chi connectivity index (χ0n) is 14.3. The lowest BCUT2D eigenvalue weighted by atomic mass is 10.3. The SMILES string of the molecule is CN=C(NCCOc1ccc(F)c(F)c1)NCCN1CCOCC1.I. The summed E-state index contributed by atoms with van der Waals surface area (Å²) >= 11 is 0. The number of rotatable bonds is 7. The fraction of sp³-hybridized carbons (Fsp3) is 0.562. The maximum Gasteiger partial charge on any atom is 0.191 e. The van der Waals surface area contributed by atoms with Gasteiger partial charge in [0.1, 0.15) is 12.4 Å². The maximum absolute atomic E-state index is 13.1. The first kappa shape index (κ1) is 21.8. The molecule has 25 heavy (non-hydrogen) atoms. The Kier molecular flexibility index (Phi) is 10.7. The number of benzene rings is 1. The van der Waals surface area contributed by atoms with Gasteiger partial charge in [-0.05, 0) is 12.1 Å². The number of nitrogens with one attached hydrogen (secondary N) is 2. The van der Waals surface area contributed by atoms with Crippen molar-refractivity contribution in [3.63, 3.8) is 0 Å². The molecule has 2 N–H and O–H groups in total. The molecule has 0 saturated carbocycles. The number of ether oxygens (including phenoxy) is 2. The van der Waals surface area contributed by atoms with Crippen LogP contribution in [0.5, 0.6) is 5.75 Å². The van der Waals surface area contributed by atoms with Crippen LogP contribution in [0.1, 0.15) is 0 Å². The molecule has 0 unspecified atom stereocenters. The maximum atomic E-state index is 13.1. The van der Waals surface area contributed by atoms with E-state index in [1.54, 1.807) is 7.05 Å². The van der Waals surface area contributed by atoms with E-state index in [1.165, 1.54) is 6.07 Å². The number of hydrogen-bond acceptors (Lipinski definition) is 4. The molecule has 1 aliphatic heterocycles. The standard InChI is InChI=1S/C16H24F2N4O2.HI/c1-19-16(20-4-6-22-7-10-23-11-8-22)21-5-9-24-13-2-3-14(17)15(18)12-13;/h2-3,12H,4-11H2,1H3,(H2,19,20,21);1H. The third-order valence-electron chi connectivity index (χ3n) is 3.60. The molecule has 0 radical (unpaired) electrons. The molecule has 1 aliphatic rings. The van der Waals surface area contributed by atoms with Crippen LogP contribution in [0.15, 0.2) is 23.2 Å². The first-order valence-corrected chi connectivity index (χ1v) is 8.01. The van der Waals surface area contributed by atoms with E-state index < -0.39 is 11.6 Å². The highest BCUT2D eigenvalue weighted by molar-refractivity contribution is 14.0. The summed E-state index contributed by atoms with van der Waals surface area (Å²) in [4.78, 5) is 6.46. The molecule has 0 aromatic heterocycles. The van der Waals surface area contributed by atoms with E-state index in [2.05, 4.69) is 20.5 Å². The lowest BCUT2D eigenvalue weighted by molar-refractivity contribution is 0.0389. The van der Waals surface area contributed by atoms with Crippen molar-refractivity contribution in [2.24, 2.45) is 4.99 Å². The van der Waals surface area contributed by atoms with E-state index in [1.807, 2.05) is 0 Å². The van der Waals surface area contributed by atoms with Crippen molar-refractivity contribution in [3.8, 4) is 5.75 Å². The fourth-order valence-corrected chi connectivity index (χ4v) is 2.28. The van der Waals surface area contributed by atoms with Crippen molar-refractivity contribution in [2.45, 2.75) is 0 Å². The Morgan fingerprint density at radius 3 is 2.60 bits per heavy atom. The van der Waals surface area contributed by atoms with Crippen LogP contribution < -0.4 is 15.4 Å². The van der Waals surface area contributed by atoms with Gasteiger partial charge in [-0.15, -0.1) is 24.0 Å². The minimum Gasteiger partial charge on any atom is -0.492 e. The van der Waals surface area contributed by atoms with E-state index in [9.17, 15) is 8.78 Å². The van der Waals surface area contributed by atoms with Crippen LogP contribution >= 0.6 is 24.0 Å². The molecule has 0 spiro atoms. The number of hydrogen-bond donors (Lipinski definition) is 2. The highest BCUT2D eigenvalue weighted by atomic mass is 127. The number of guanidine groups is 1. The lowest BCUT2D eigenvalue weighted by Gasteiger charge is -2.26. The molecule has 0 amide bonds. The molecule has 1 heterocycles. The molecular weight excluding hydrogens is 445 g/mol. The molecule has 9 heteroatoms. The van der Waals surface area contributed by atoms with Crippen molar-refractivity contribution in [2.75, 3.05) is 59.6 Å². The van der Waals surface area contributed by atoms with Gasteiger partial charge >= 0.3 is 0 Å². The first-order valence-electron chi connectivity index (χ1n) is 8.01. The van der Waals surface area contributed by atoms with Crippen LogP contribution in [-0.2, 0) is 4.74 Å². The molecule has 0 bridgehead atoms. The van der Waals surface area contributed by atoms with E-state index in [0.29, 0.717) is 24.9 Å². The van der Waals surface area contributed by atoms with Crippen LogP contribution in [0.2, 0.25) is 0 Å². The Morgan fingerprint density at radius 1 is 1.20 bits per heavy atom. The summed E-state index contributed by atoms with van der Waals surface area (Å²) in [6.45, 7) is 6.00. The van der Waals surface area contributed by atoms with E-state index in [4.69, 9.17) is 9.47 Å². The van der Waals surface area contributed by atoms with Crippen molar-refractivity contribution in [1.29, 1.82) is 0 Å². The number of halogens is 3. The average Bonchev–Trinajstić information content (AvgIpc) is 2.61. The summed E-state index contributed by atoms with van der Waals surface area (Å²) in [6.07, 6.45) is 0. The third-order valence-corrected chi connectivity index (χ3v) is 3.60. The molecule has 0 atom stereocenters. The zero-order chi connectivity index (χ0) is 17.2. The van der Waals surface area contributed by atoms with Crippen LogP contribution in [0.3, 0.4) is 0 Å². The molecule has 142 valence electrons. The Labute approximate surface area is 164 Å². The van der Waals surface area contributed by atoms with Gasteiger partial charge in [-0.1, -0.05) is 0 Å². The summed E-state index contributed by atoms with van der Waals surface area (Å²) in [6, 6.07) is 3.47. The average molecular weight is 470 g/mol. The third kappa shape index (κ3) is 8.15. The summed E-state index contributed by atoms with van der Waals surface area (Å²) in [5.41, 5.74) is 0. The minimum absolute atomic E-state index is 0. The van der Waals surface area contributed by atoms with E-state index >= 15 is 0 Å². The Balaban J connectivity index is 0.00000312. The monoisotopic (exact) mass is 470 g/mol. The van der Waals surface area contributed by atoms with Crippen LogP contribution in [-0.4, -0.2) is 70.5 Å². The van der Waals surface area contributed by atoms with E-state index in [-0.39, 0.29) is 24.0 Å². The molecule has 1 aromatic rings.